The Balaban J connectivity index is 2.41. The molecule has 0 amide bonds. The summed E-state index contributed by atoms with van der Waals surface area (Å²) in [6.45, 7) is 16.6. The van der Waals surface area contributed by atoms with Crippen LogP contribution in [0.15, 0.2) is 11.6 Å². The van der Waals surface area contributed by atoms with Crippen molar-refractivity contribution >= 4 is 0 Å². The Kier molecular flexibility index (Phi) is 9.80. The molecule has 0 aromatic heterocycles. The van der Waals surface area contributed by atoms with Gasteiger partial charge in [0.15, 0.2) is 0 Å². The van der Waals surface area contributed by atoms with E-state index in [0.717, 1.165) is 48.3 Å². The van der Waals surface area contributed by atoms with Crippen LogP contribution in [-0.2, 0) is 0 Å². The van der Waals surface area contributed by atoms with E-state index in [-0.39, 0.29) is 0 Å². The van der Waals surface area contributed by atoms with Crippen molar-refractivity contribution in [3.05, 3.63) is 11.6 Å². The molecule has 0 N–H and O–H groups in total. The lowest BCUT2D eigenvalue weighted by Crippen LogP contribution is -2.24. The first-order valence-electron chi connectivity index (χ1n) is 10.6. The number of rotatable bonds is 11. The highest BCUT2D eigenvalue weighted by Crippen LogP contribution is 2.45. The lowest BCUT2D eigenvalue weighted by atomic mass is 9.73. The number of hydrogen-bond acceptors (Lipinski definition) is 0. The van der Waals surface area contributed by atoms with Crippen LogP contribution in [0.2, 0.25) is 0 Å². The summed E-state index contributed by atoms with van der Waals surface area (Å²) in [7, 11) is 0. The molecule has 0 aromatic carbocycles. The Morgan fingerprint density at radius 2 is 1.58 bits per heavy atom. The summed E-state index contributed by atoms with van der Waals surface area (Å²) in [5, 5.41) is 0. The highest BCUT2D eigenvalue weighted by atomic mass is 14.4. The largest absolute Gasteiger partial charge is 0.104 e. The van der Waals surface area contributed by atoms with Gasteiger partial charge >= 0.3 is 0 Å². The van der Waals surface area contributed by atoms with Gasteiger partial charge in [0.1, 0.15) is 0 Å². The van der Waals surface area contributed by atoms with Gasteiger partial charge in [0.25, 0.3) is 0 Å². The van der Waals surface area contributed by atoms with Gasteiger partial charge in [-0.3, -0.25) is 0 Å². The highest BCUT2D eigenvalue weighted by molar-refractivity contribution is 5.31. The average Bonchev–Trinajstić information content (AvgIpc) is 3.29. The maximum atomic E-state index is 3.31. The summed E-state index contributed by atoms with van der Waals surface area (Å²) in [5.41, 5.74) is 1.76. The molecule has 0 saturated heterocycles. The van der Waals surface area contributed by atoms with Gasteiger partial charge < -0.3 is 0 Å². The van der Waals surface area contributed by atoms with E-state index in [1.165, 1.54) is 32.1 Å². The fourth-order valence-electron chi connectivity index (χ4n) is 4.02. The van der Waals surface area contributed by atoms with Crippen LogP contribution in [0.4, 0.5) is 0 Å². The molecular weight excluding hydrogens is 288 g/mol. The lowest BCUT2D eigenvalue weighted by Gasteiger charge is -2.32. The van der Waals surface area contributed by atoms with Crippen LogP contribution >= 0.6 is 0 Å². The fourth-order valence-corrected chi connectivity index (χ4v) is 4.02. The number of hydrogen-bond donors (Lipinski definition) is 0. The van der Waals surface area contributed by atoms with E-state index in [0.29, 0.717) is 0 Å². The third-order valence-electron chi connectivity index (χ3n) is 6.51. The van der Waals surface area contributed by atoms with Gasteiger partial charge in [-0.25, -0.2) is 0 Å². The van der Waals surface area contributed by atoms with Gasteiger partial charge in [-0.2, -0.15) is 0 Å². The first-order chi connectivity index (χ1) is 11.4. The molecule has 0 saturated carbocycles. The fraction of sp³-hybridized carbons (Fsp3) is 0.833. The summed E-state index contributed by atoms with van der Waals surface area (Å²) in [4.78, 5) is 0. The lowest BCUT2D eigenvalue weighted by molar-refractivity contribution is 0.208. The molecule has 0 heteroatoms. The second-order valence-electron chi connectivity index (χ2n) is 8.47. The summed E-state index contributed by atoms with van der Waals surface area (Å²) in [6.07, 6.45) is 11.4. The molecule has 0 fully saturated rings. The highest BCUT2D eigenvalue weighted by Gasteiger charge is 2.34. The van der Waals surface area contributed by atoms with Crippen LogP contribution in [-0.4, -0.2) is 0 Å². The van der Waals surface area contributed by atoms with E-state index in [9.17, 15) is 0 Å². The van der Waals surface area contributed by atoms with Crippen molar-refractivity contribution in [2.45, 2.75) is 93.4 Å². The molecule has 1 aliphatic rings. The normalized spacial score (nSPS) is 22.6. The Hall–Kier alpha value is -0.700. The van der Waals surface area contributed by atoms with Crippen molar-refractivity contribution in [3.63, 3.8) is 0 Å². The predicted octanol–water partition coefficient (Wildman–Crippen LogP) is 7.50. The third-order valence-corrected chi connectivity index (χ3v) is 6.51. The quantitative estimate of drug-likeness (QED) is 0.209. The zero-order chi connectivity index (χ0) is 18.1. The molecule has 0 radical (unpaired) electrons. The summed E-state index contributed by atoms with van der Waals surface area (Å²) < 4.78 is 0. The summed E-state index contributed by atoms with van der Waals surface area (Å²) in [6, 6.07) is 0. The van der Waals surface area contributed by atoms with Gasteiger partial charge in [0, 0.05) is 12.8 Å². The van der Waals surface area contributed by atoms with Crippen LogP contribution < -0.4 is 0 Å². The van der Waals surface area contributed by atoms with Crippen molar-refractivity contribution in [3.8, 4) is 11.8 Å². The molecule has 1 rings (SSSR count). The minimum absolute atomic E-state index is 0.762. The molecule has 0 aromatic rings. The molecule has 0 bridgehead atoms. The first-order valence-corrected chi connectivity index (χ1v) is 10.6. The van der Waals surface area contributed by atoms with E-state index in [1.807, 2.05) is 0 Å². The molecule has 0 aliphatic heterocycles. The molecule has 138 valence electrons. The monoisotopic (exact) mass is 330 g/mol. The molecule has 6 atom stereocenters. The molecule has 0 spiro atoms. The second kappa shape index (κ2) is 11.0. The maximum Gasteiger partial charge on any atom is 0.0114 e. The zero-order valence-corrected chi connectivity index (χ0v) is 17.5. The number of allylic oxidation sites excluding steroid dienone is 2. The van der Waals surface area contributed by atoms with Gasteiger partial charge in [-0.05, 0) is 48.3 Å². The van der Waals surface area contributed by atoms with E-state index >= 15 is 0 Å². The zero-order valence-electron chi connectivity index (χ0n) is 17.5. The maximum absolute atomic E-state index is 3.31. The average molecular weight is 331 g/mol. The molecular formula is C24H42. The van der Waals surface area contributed by atoms with Crippen LogP contribution in [0, 0.1) is 47.3 Å². The minimum atomic E-state index is 0.762. The van der Waals surface area contributed by atoms with E-state index in [4.69, 9.17) is 0 Å². The summed E-state index contributed by atoms with van der Waals surface area (Å²) in [5.74, 6) is 11.4. The number of unbranched alkanes of at least 4 members (excludes halogenated alkanes) is 1. The second-order valence-corrected chi connectivity index (χ2v) is 8.47. The molecule has 0 nitrogen and oxygen atoms in total. The first kappa shape index (κ1) is 21.3. The molecule has 0 heterocycles. The molecule has 1 aliphatic carbocycles. The summed E-state index contributed by atoms with van der Waals surface area (Å²) >= 11 is 0. The Morgan fingerprint density at radius 1 is 0.958 bits per heavy atom. The SMILES string of the molecule is CCC#CCC(C)CCCCC(C1=CC1C)C(C)C(C)C(C)CC. The van der Waals surface area contributed by atoms with Gasteiger partial charge in [-0.15, -0.1) is 11.8 Å². The third kappa shape index (κ3) is 7.04. The predicted molar refractivity (Wildman–Crippen MR) is 109 cm³/mol. The van der Waals surface area contributed by atoms with Gasteiger partial charge in [0.2, 0.25) is 0 Å². The Labute approximate surface area is 152 Å². The van der Waals surface area contributed by atoms with Gasteiger partial charge in [0.05, 0.1) is 0 Å². The topological polar surface area (TPSA) is 0 Å². The van der Waals surface area contributed by atoms with Crippen molar-refractivity contribution < 1.29 is 0 Å². The van der Waals surface area contributed by atoms with Crippen molar-refractivity contribution in [1.29, 1.82) is 0 Å². The van der Waals surface area contributed by atoms with Crippen molar-refractivity contribution in [2.75, 3.05) is 0 Å². The van der Waals surface area contributed by atoms with Crippen LogP contribution in [0.3, 0.4) is 0 Å². The Bertz CT molecular complexity index is 433. The standard InChI is InChI=1S/C24H42/c1-8-10-11-14-18(3)15-12-13-16-23(24-17-20(24)5)22(7)21(6)19(4)9-2/h17-23H,8-9,12-16H2,1-7H3. The molecule has 24 heavy (non-hydrogen) atoms. The van der Waals surface area contributed by atoms with Crippen molar-refractivity contribution in [1.82, 2.24) is 0 Å². The van der Waals surface area contributed by atoms with Crippen molar-refractivity contribution in [2.24, 2.45) is 35.5 Å². The van der Waals surface area contributed by atoms with E-state index < -0.39 is 0 Å². The Morgan fingerprint density at radius 3 is 2.12 bits per heavy atom. The van der Waals surface area contributed by atoms with Crippen LogP contribution in [0.5, 0.6) is 0 Å². The van der Waals surface area contributed by atoms with E-state index in [2.05, 4.69) is 66.4 Å². The smallest absolute Gasteiger partial charge is 0.0114 e. The van der Waals surface area contributed by atoms with Crippen LogP contribution in [0.1, 0.15) is 93.4 Å². The minimum Gasteiger partial charge on any atom is -0.104 e. The molecule has 6 unspecified atom stereocenters. The van der Waals surface area contributed by atoms with Crippen LogP contribution in [0.25, 0.3) is 0 Å². The van der Waals surface area contributed by atoms with E-state index in [1.54, 1.807) is 5.57 Å². The van der Waals surface area contributed by atoms with Gasteiger partial charge in [-0.1, -0.05) is 79.4 Å².